The third-order valence-corrected chi connectivity index (χ3v) is 2.99. The number of amides is 1. The van der Waals surface area contributed by atoms with Gasteiger partial charge in [-0.3, -0.25) is 4.79 Å². The van der Waals surface area contributed by atoms with E-state index >= 15 is 0 Å². The number of carbonyl (C=O) groups excluding carboxylic acids is 1. The molecule has 0 saturated heterocycles. The third kappa shape index (κ3) is 2.65. The number of nitrogens with zero attached hydrogens (tertiary/aromatic N) is 2. The van der Waals surface area contributed by atoms with Crippen LogP contribution in [0.2, 0.25) is 5.02 Å². The second-order valence-corrected chi connectivity index (χ2v) is 4.35. The van der Waals surface area contributed by atoms with Crippen molar-refractivity contribution in [1.82, 2.24) is 9.97 Å². The van der Waals surface area contributed by atoms with E-state index in [0.717, 1.165) is 5.56 Å². The van der Waals surface area contributed by atoms with Gasteiger partial charge in [-0.05, 0) is 31.5 Å². The molecule has 1 aromatic heterocycles. The molecular formula is C13H12ClN3O. The van der Waals surface area contributed by atoms with Crippen molar-refractivity contribution in [2.24, 2.45) is 0 Å². The highest BCUT2D eigenvalue weighted by Gasteiger charge is 2.10. The van der Waals surface area contributed by atoms with Crippen LogP contribution in [-0.2, 0) is 0 Å². The smallest absolute Gasteiger partial charge is 0.259 e. The lowest BCUT2D eigenvalue weighted by atomic mass is 10.2. The summed E-state index contributed by atoms with van der Waals surface area (Å²) in [5.41, 5.74) is 2.71. The van der Waals surface area contributed by atoms with Crippen molar-refractivity contribution >= 4 is 23.2 Å². The number of rotatable bonds is 2. The quantitative estimate of drug-likeness (QED) is 0.904. The number of carbonyl (C=O) groups is 1. The number of hydrogen-bond acceptors (Lipinski definition) is 3. The fraction of sp³-hybridized carbons (Fsp3) is 0.154. The molecule has 1 N–H and O–H groups in total. The van der Waals surface area contributed by atoms with Crippen molar-refractivity contribution in [2.75, 3.05) is 5.32 Å². The molecule has 0 bridgehead atoms. The Morgan fingerprint density at radius 2 is 2.11 bits per heavy atom. The summed E-state index contributed by atoms with van der Waals surface area (Å²) in [7, 11) is 0. The Bertz CT molecular complexity index is 599. The summed E-state index contributed by atoms with van der Waals surface area (Å²) >= 11 is 6.00. The van der Waals surface area contributed by atoms with E-state index in [1.807, 2.05) is 13.0 Å². The van der Waals surface area contributed by atoms with E-state index in [-0.39, 0.29) is 5.91 Å². The molecular weight excluding hydrogens is 250 g/mol. The van der Waals surface area contributed by atoms with Crippen LogP contribution in [0.3, 0.4) is 0 Å². The maximum absolute atomic E-state index is 12.0. The molecule has 0 unspecified atom stereocenters. The van der Waals surface area contributed by atoms with Crippen LogP contribution in [0, 0.1) is 13.8 Å². The Labute approximate surface area is 110 Å². The van der Waals surface area contributed by atoms with Crippen LogP contribution in [-0.4, -0.2) is 15.9 Å². The van der Waals surface area contributed by atoms with E-state index in [4.69, 9.17) is 11.6 Å². The predicted octanol–water partition coefficient (Wildman–Crippen LogP) is 3.00. The summed E-state index contributed by atoms with van der Waals surface area (Å²) < 4.78 is 0. The van der Waals surface area contributed by atoms with E-state index in [0.29, 0.717) is 22.0 Å². The summed E-state index contributed by atoms with van der Waals surface area (Å²) in [6, 6.07) is 5.37. The average molecular weight is 262 g/mol. The molecule has 0 fully saturated rings. The molecule has 2 aromatic rings. The van der Waals surface area contributed by atoms with E-state index in [1.165, 1.54) is 12.5 Å². The first-order valence-corrected chi connectivity index (χ1v) is 5.80. The van der Waals surface area contributed by atoms with E-state index < -0.39 is 0 Å². The van der Waals surface area contributed by atoms with Crippen LogP contribution in [0.15, 0.2) is 30.7 Å². The summed E-state index contributed by atoms with van der Waals surface area (Å²) in [5.74, 6) is -0.243. The zero-order valence-corrected chi connectivity index (χ0v) is 10.8. The molecule has 18 heavy (non-hydrogen) atoms. The van der Waals surface area contributed by atoms with Crippen molar-refractivity contribution in [3.05, 3.63) is 52.6 Å². The zero-order valence-electron chi connectivity index (χ0n) is 10.1. The van der Waals surface area contributed by atoms with E-state index in [9.17, 15) is 4.79 Å². The largest absolute Gasteiger partial charge is 0.322 e. The van der Waals surface area contributed by atoms with Gasteiger partial charge in [-0.25, -0.2) is 9.97 Å². The van der Waals surface area contributed by atoms with Crippen molar-refractivity contribution in [1.29, 1.82) is 0 Å². The van der Waals surface area contributed by atoms with E-state index in [1.54, 1.807) is 19.1 Å². The fourth-order valence-corrected chi connectivity index (χ4v) is 1.66. The van der Waals surface area contributed by atoms with Gasteiger partial charge in [0.1, 0.15) is 6.33 Å². The minimum absolute atomic E-state index is 0.243. The van der Waals surface area contributed by atoms with Crippen LogP contribution in [0.25, 0.3) is 0 Å². The van der Waals surface area contributed by atoms with Gasteiger partial charge in [-0.15, -0.1) is 0 Å². The van der Waals surface area contributed by atoms with Crippen LogP contribution in [0.1, 0.15) is 21.6 Å². The van der Waals surface area contributed by atoms with Gasteiger partial charge >= 0.3 is 0 Å². The highest BCUT2D eigenvalue weighted by Crippen LogP contribution is 2.20. The molecule has 1 amide bonds. The van der Waals surface area contributed by atoms with Crippen LogP contribution < -0.4 is 5.32 Å². The molecule has 0 spiro atoms. The number of hydrogen-bond donors (Lipinski definition) is 1. The lowest BCUT2D eigenvalue weighted by molar-refractivity contribution is 0.102. The van der Waals surface area contributed by atoms with Crippen LogP contribution >= 0.6 is 11.6 Å². The first kappa shape index (κ1) is 12.5. The first-order valence-electron chi connectivity index (χ1n) is 5.42. The minimum atomic E-state index is -0.243. The number of anilines is 1. The van der Waals surface area contributed by atoms with Gasteiger partial charge in [0.2, 0.25) is 0 Å². The Kier molecular flexibility index (Phi) is 3.58. The first-order chi connectivity index (χ1) is 8.58. The number of aryl methyl sites for hydroxylation is 2. The highest BCUT2D eigenvalue weighted by molar-refractivity contribution is 6.31. The molecule has 0 atom stereocenters. The maximum Gasteiger partial charge on any atom is 0.259 e. The maximum atomic E-state index is 12.0. The SMILES string of the molecule is Cc1ccc(NC(=O)c2cncnc2C)cc1Cl. The van der Waals surface area contributed by atoms with Gasteiger partial charge in [0.25, 0.3) is 5.91 Å². The third-order valence-electron chi connectivity index (χ3n) is 2.59. The van der Waals surface area contributed by atoms with Gasteiger partial charge in [0.15, 0.2) is 0 Å². The second-order valence-electron chi connectivity index (χ2n) is 3.94. The normalized spacial score (nSPS) is 10.2. The molecule has 0 aliphatic heterocycles. The van der Waals surface area contributed by atoms with Crippen molar-refractivity contribution in [3.63, 3.8) is 0 Å². The molecule has 0 aliphatic rings. The Morgan fingerprint density at radius 1 is 1.33 bits per heavy atom. The molecule has 0 saturated carbocycles. The van der Waals surface area contributed by atoms with Gasteiger partial charge in [-0.2, -0.15) is 0 Å². The second kappa shape index (κ2) is 5.14. The number of benzene rings is 1. The van der Waals surface area contributed by atoms with Crippen molar-refractivity contribution in [3.8, 4) is 0 Å². The topological polar surface area (TPSA) is 54.9 Å². The molecule has 4 nitrogen and oxygen atoms in total. The molecule has 2 rings (SSSR count). The van der Waals surface area contributed by atoms with E-state index in [2.05, 4.69) is 15.3 Å². The summed E-state index contributed by atoms with van der Waals surface area (Å²) in [6.07, 6.45) is 2.91. The fourth-order valence-electron chi connectivity index (χ4n) is 1.48. The molecule has 92 valence electrons. The molecule has 5 heteroatoms. The average Bonchev–Trinajstić information content (AvgIpc) is 2.34. The Balaban J connectivity index is 2.22. The summed E-state index contributed by atoms with van der Waals surface area (Å²) in [4.78, 5) is 19.8. The lowest BCUT2D eigenvalue weighted by Gasteiger charge is -2.07. The van der Waals surface area contributed by atoms with Gasteiger partial charge in [0, 0.05) is 16.9 Å². The van der Waals surface area contributed by atoms with Crippen LogP contribution in [0.5, 0.6) is 0 Å². The van der Waals surface area contributed by atoms with Crippen LogP contribution in [0.4, 0.5) is 5.69 Å². The molecule has 1 heterocycles. The summed E-state index contributed by atoms with van der Waals surface area (Å²) in [6.45, 7) is 3.67. The predicted molar refractivity (Wildman–Crippen MR) is 70.9 cm³/mol. The number of aromatic nitrogens is 2. The Morgan fingerprint density at radius 3 is 2.78 bits per heavy atom. The number of nitrogens with one attached hydrogen (secondary N) is 1. The number of halogens is 1. The minimum Gasteiger partial charge on any atom is -0.322 e. The van der Waals surface area contributed by atoms with Gasteiger partial charge in [0.05, 0.1) is 11.3 Å². The molecule has 0 radical (unpaired) electrons. The monoisotopic (exact) mass is 261 g/mol. The summed E-state index contributed by atoms with van der Waals surface area (Å²) in [5, 5.41) is 3.38. The Hall–Kier alpha value is -1.94. The highest BCUT2D eigenvalue weighted by atomic mass is 35.5. The van der Waals surface area contributed by atoms with Gasteiger partial charge < -0.3 is 5.32 Å². The zero-order chi connectivity index (χ0) is 13.1. The standard InChI is InChI=1S/C13H12ClN3O/c1-8-3-4-10(5-12(8)14)17-13(18)11-6-15-7-16-9(11)2/h3-7H,1-2H3,(H,17,18). The lowest BCUT2D eigenvalue weighted by Crippen LogP contribution is -2.14. The molecule has 1 aromatic carbocycles. The van der Waals surface area contributed by atoms with Crippen molar-refractivity contribution < 1.29 is 4.79 Å². The van der Waals surface area contributed by atoms with Gasteiger partial charge in [-0.1, -0.05) is 17.7 Å². The molecule has 0 aliphatic carbocycles. The van der Waals surface area contributed by atoms with Crippen molar-refractivity contribution in [2.45, 2.75) is 13.8 Å².